The number of aryl methyl sites for hydroxylation is 1. The third-order valence-electron chi connectivity index (χ3n) is 4.72. The summed E-state index contributed by atoms with van der Waals surface area (Å²) in [7, 11) is 1.55. The molecule has 1 saturated heterocycles. The van der Waals surface area contributed by atoms with E-state index >= 15 is 0 Å². The van der Waals surface area contributed by atoms with Gasteiger partial charge in [-0.2, -0.15) is 0 Å². The first-order valence-electron chi connectivity index (χ1n) is 8.91. The Morgan fingerprint density at radius 3 is 2.33 bits per heavy atom. The van der Waals surface area contributed by atoms with E-state index in [0.717, 1.165) is 0 Å². The summed E-state index contributed by atoms with van der Waals surface area (Å²) in [5.74, 6) is -1.23. The molecular weight excluding hydrogens is 426 g/mol. The van der Waals surface area contributed by atoms with Gasteiger partial charge in [0.1, 0.15) is 16.5 Å². The molecule has 1 aromatic heterocycles. The van der Waals surface area contributed by atoms with Crippen molar-refractivity contribution in [3.05, 3.63) is 75.3 Å². The van der Waals surface area contributed by atoms with Gasteiger partial charge in [0, 0.05) is 10.6 Å². The Hall–Kier alpha value is -3.23. The van der Waals surface area contributed by atoms with Gasteiger partial charge in [0.05, 0.1) is 18.7 Å². The highest BCUT2D eigenvalue weighted by Gasteiger charge is 2.48. The van der Waals surface area contributed by atoms with E-state index in [1.165, 1.54) is 16.2 Å². The van der Waals surface area contributed by atoms with Crippen LogP contribution in [0, 0.1) is 6.92 Å². The molecule has 0 unspecified atom stereocenters. The summed E-state index contributed by atoms with van der Waals surface area (Å²) in [6.45, 7) is 1.76. The van der Waals surface area contributed by atoms with Crippen molar-refractivity contribution in [2.24, 2.45) is 0 Å². The molecule has 9 heteroatoms. The zero-order valence-electron chi connectivity index (χ0n) is 16.0. The molecule has 2 aromatic carbocycles. The normalized spacial score (nSPS) is 18.1. The van der Waals surface area contributed by atoms with Gasteiger partial charge in [-0.05, 0) is 48.9 Å². The van der Waals surface area contributed by atoms with Crippen LogP contribution in [0.25, 0.3) is 5.76 Å². The Morgan fingerprint density at radius 1 is 1.10 bits per heavy atom. The highest BCUT2D eigenvalue weighted by Crippen LogP contribution is 2.43. The number of rotatable bonds is 4. The molecule has 3 aromatic rings. The van der Waals surface area contributed by atoms with Gasteiger partial charge in [-0.3, -0.25) is 14.5 Å². The van der Waals surface area contributed by atoms with Crippen molar-refractivity contribution < 1.29 is 19.4 Å². The average Bonchev–Trinajstić information content (AvgIpc) is 3.29. The summed E-state index contributed by atoms with van der Waals surface area (Å²) < 4.78 is 5.20. The van der Waals surface area contributed by atoms with Crippen molar-refractivity contribution in [2.75, 3.05) is 12.0 Å². The molecule has 1 amide bonds. The monoisotopic (exact) mass is 441 g/mol. The molecule has 1 fully saturated rings. The van der Waals surface area contributed by atoms with Crippen molar-refractivity contribution in [2.45, 2.75) is 13.0 Å². The molecule has 0 spiro atoms. The Bertz CT molecular complexity index is 1160. The van der Waals surface area contributed by atoms with E-state index in [2.05, 4.69) is 10.2 Å². The van der Waals surface area contributed by atoms with Gasteiger partial charge in [0.15, 0.2) is 0 Å². The SMILES string of the molecule is COc1ccc([C@@H]2C(=C(O)c3ccc(Cl)cc3)C(=O)C(=O)N2c2nnc(C)s2)cc1. The number of Topliss-reactive ketones (excluding diaryl/α,β-unsaturated/α-hetero) is 1. The first-order chi connectivity index (χ1) is 14.4. The zero-order chi connectivity index (χ0) is 21.4. The average molecular weight is 442 g/mol. The molecule has 30 heavy (non-hydrogen) atoms. The molecule has 0 bridgehead atoms. The molecule has 0 saturated carbocycles. The summed E-state index contributed by atoms with van der Waals surface area (Å²) in [4.78, 5) is 27.2. The van der Waals surface area contributed by atoms with E-state index in [0.29, 0.717) is 26.9 Å². The van der Waals surface area contributed by atoms with Crippen LogP contribution in [0.4, 0.5) is 5.13 Å². The number of methoxy groups -OCH3 is 1. The van der Waals surface area contributed by atoms with Crippen LogP contribution < -0.4 is 9.64 Å². The lowest BCUT2D eigenvalue weighted by Crippen LogP contribution is -2.29. The molecule has 1 aliphatic heterocycles. The number of anilines is 1. The highest BCUT2D eigenvalue weighted by atomic mass is 35.5. The summed E-state index contributed by atoms with van der Waals surface area (Å²) in [6.07, 6.45) is 0. The molecule has 1 atom stereocenters. The summed E-state index contributed by atoms with van der Waals surface area (Å²) in [5.41, 5.74) is 0.975. The predicted octanol–water partition coefficient (Wildman–Crippen LogP) is 4.13. The third kappa shape index (κ3) is 3.44. The fraction of sp³-hybridized carbons (Fsp3) is 0.143. The second-order valence-electron chi connectivity index (χ2n) is 6.55. The maximum Gasteiger partial charge on any atom is 0.301 e. The second-order valence-corrected chi connectivity index (χ2v) is 8.15. The van der Waals surface area contributed by atoms with Gasteiger partial charge in [-0.25, -0.2) is 0 Å². The van der Waals surface area contributed by atoms with Gasteiger partial charge >= 0.3 is 5.91 Å². The van der Waals surface area contributed by atoms with Gasteiger partial charge in [-0.1, -0.05) is 35.1 Å². The molecule has 0 radical (unpaired) electrons. The first kappa shape index (κ1) is 20.1. The first-order valence-corrected chi connectivity index (χ1v) is 10.1. The highest BCUT2D eigenvalue weighted by molar-refractivity contribution is 7.15. The summed E-state index contributed by atoms with van der Waals surface area (Å²) in [5, 5.41) is 20.4. The van der Waals surface area contributed by atoms with Crippen molar-refractivity contribution in [3.63, 3.8) is 0 Å². The lowest BCUT2D eigenvalue weighted by atomic mass is 9.95. The number of ketones is 1. The topological polar surface area (TPSA) is 92.6 Å². The van der Waals surface area contributed by atoms with Crippen molar-refractivity contribution in [3.8, 4) is 5.75 Å². The minimum absolute atomic E-state index is 0.0275. The Morgan fingerprint density at radius 2 is 1.77 bits per heavy atom. The van der Waals surface area contributed by atoms with Gasteiger partial charge in [0.25, 0.3) is 5.78 Å². The number of carbonyl (C=O) groups is 2. The fourth-order valence-electron chi connectivity index (χ4n) is 3.28. The van der Waals surface area contributed by atoms with Gasteiger partial charge < -0.3 is 9.84 Å². The van der Waals surface area contributed by atoms with Crippen LogP contribution in [0.3, 0.4) is 0 Å². The van der Waals surface area contributed by atoms with Crippen molar-refractivity contribution >= 4 is 45.5 Å². The molecular formula is C21H16ClN3O4S. The van der Waals surface area contributed by atoms with E-state index in [-0.39, 0.29) is 16.5 Å². The van der Waals surface area contributed by atoms with Gasteiger partial charge in [0.2, 0.25) is 5.13 Å². The Balaban J connectivity index is 1.92. The van der Waals surface area contributed by atoms with Gasteiger partial charge in [-0.15, -0.1) is 10.2 Å². The molecule has 1 aliphatic rings. The number of benzene rings is 2. The third-order valence-corrected chi connectivity index (χ3v) is 5.81. The summed E-state index contributed by atoms with van der Waals surface area (Å²) >= 11 is 7.13. The van der Waals surface area contributed by atoms with Crippen LogP contribution in [0.2, 0.25) is 5.02 Å². The molecule has 1 N–H and O–H groups in total. The number of nitrogens with zero attached hydrogens (tertiary/aromatic N) is 3. The van der Waals surface area contributed by atoms with E-state index in [4.69, 9.17) is 16.3 Å². The minimum atomic E-state index is -0.862. The number of aromatic nitrogens is 2. The zero-order valence-corrected chi connectivity index (χ0v) is 17.6. The van der Waals surface area contributed by atoms with E-state index in [1.54, 1.807) is 62.6 Å². The minimum Gasteiger partial charge on any atom is -0.507 e. The number of amides is 1. The van der Waals surface area contributed by atoms with Crippen molar-refractivity contribution in [1.29, 1.82) is 0 Å². The number of ether oxygens (including phenoxy) is 1. The van der Waals surface area contributed by atoms with Crippen LogP contribution >= 0.6 is 22.9 Å². The number of halogens is 1. The van der Waals surface area contributed by atoms with Crippen LogP contribution in [0.1, 0.15) is 22.2 Å². The maximum absolute atomic E-state index is 13.0. The Labute approximate surface area is 181 Å². The number of carbonyl (C=O) groups excluding carboxylic acids is 2. The van der Waals surface area contributed by atoms with Crippen molar-refractivity contribution in [1.82, 2.24) is 10.2 Å². The quantitative estimate of drug-likeness (QED) is 0.371. The smallest absolute Gasteiger partial charge is 0.301 e. The number of hydrogen-bond donors (Lipinski definition) is 1. The maximum atomic E-state index is 13.0. The lowest BCUT2D eigenvalue weighted by Gasteiger charge is -2.22. The molecule has 0 aliphatic carbocycles. The fourth-order valence-corrected chi connectivity index (χ4v) is 4.12. The largest absolute Gasteiger partial charge is 0.507 e. The molecule has 7 nitrogen and oxygen atoms in total. The molecule has 152 valence electrons. The number of aliphatic hydroxyl groups excluding tert-OH is 1. The van der Waals surface area contributed by atoms with Crippen LogP contribution in [0.15, 0.2) is 54.1 Å². The van der Waals surface area contributed by atoms with Crippen LogP contribution in [-0.2, 0) is 9.59 Å². The predicted molar refractivity (Wildman–Crippen MR) is 114 cm³/mol. The standard InChI is InChI=1S/C21H16ClN3O4S/c1-11-23-24-21(30-11)25-17(12-5-9-15(29-2)10-6-12)16(19(27)20(25)28)18(26)13-3-7-14(22)8-4-13/h3-10,17,26H,1-2H3/t17-/m1/s1. The van der Waals surface area contributed by atoms with E-state index in [9.17, 15) is 14.7 Å². The van der Waals surface area contributed by atoms with Crippen LogP contribution in [-0.4, -0.2) is 34.1 Å². The van der Waals surface area contributed by atoms with E-state index < -0.39 is 17.7 Å². The Kier molecular flexibility index (Phi) is 5.27. The molecule has 2 heterocycles. The summed E-state index contributed by atoms with van der Waals surface area (Å²) in [6, 6.07) is 12.4. The van der Waals surface area contributed by atoms with E-state index in [1.807, 2.05) is 0 Å². The molecule has 4 rings (SSSR count). The second kappa shape index (κ2) is 7.89. The number of hydrogen-bond acceptors (Lipinski definition) is 7. The van der Waals surface area contributed by atoms with Crippen LogP contribution in [0.5, 0.6) is 5.75 Å². The lowest BCUT2D eigenvalue weighted by molar-refractivity contribution is -0.132. The number of aliphatic hydroxyl groups is 1.